The van der Waals surface area contributed by atoms with Gasteiger partial charge in [0.1, 0.15) is 5.82 Å². The quantitative estimate of drug-likeness (QED) is 0.844. The number of aromatic nitrogens is 3. The summed E-state index contributed by atoms with van der Waals surface area (Å²) >= 11 is 11.3. The van der Waals surface area contributed by atoms with E-state index < -0.39 is 0 Å². The first-order valence-corrected chi connectivity index (χ1v) is 8.22. The first kappa shape index (κ1) is 15.2. The molecule has 2 N–H and O–H groups in total. The maximum Gasteiger partial charge on any atom is 0.171 e. The predicted octanol–water partition coefficient (Wildman–Crippen LogP) is 3.14. The Morgan fingerprint density at radius 3 is 3.05 bits per heavy atom. The molecule has 7 heteroatoms. The minimum absolute atomic E-state index is 0.549. The van der Waals surface area contributed by atoms with Crippen LogP contribution < -0.4 is 10.6 Å². The molecule has 3 rings (SSSR count). The third kappa shape index (κ3) is 3.75. The van der Waals surface area contributed by atoms with Crippen LogP contribution >= 0.6 is 23.8 Å². The fourth-order valence-electron chi connectivity index (χ4n) is 2.58. The van der Waals surface area contributed by atoms with Crippen LogP contribution in [0.2, 0.25) is 5.02 Å². The van der Waals surface area contributed by atoms with Crippen LogP contribution in [0.15, 0.2) is 24.3 Å². The SMILES string of the molecule is S=C(NCc1nnc2n1CCCCC2)Nc1cccc(Cl)c1. The van der Waals surface area contributed by atoms with Crippen molar-refractivity contribution in [2.45, 2.75) is 38.8 Å². The number of nitrogens with one attached hydrogen (secondary N) is 2. The van der Waals surface area contributed by atoms with Gasteiger partial charge in [-0.1, -0.05) is 24.1 Å². The molecule has 116 valence electrons. The third-order valence-corrected chi connectivity index (χ3v) is 4.16. The standard InChI is InChI=1S/C15H18ClN5S/c16-11-5-4-6-12(9-11)18-15(22)17-10-14-20-19-13-7-2-1-3-8-21(13)14/h4-6,9H,1-3,7-8,10H2,(H2,17,18,22). The molecule has 0 unspecified atom stereocenters. The van der Waals surface area contributed by atoms with Gasteiger partial charge in [-0.05, 0) is 43.3 Å². The van der Waals surface area contributed by atoms with Crippen molar-refractivity contribution >= 4 is 34.6 Å². The highest BCUT2D eigenvalue weighted by Gasteiger charge is 2.14. The van der Waals surface area contributed by atoms with Gasteiger partial charge in [0.2, 0.25) is 0 Å². The van der Waals surface area contributed by atoms with E-state index in [0.29, 0.717) is 16.7 Å². The Morgan fingerprint density at radius 1 is 1.27 bits per heavy atom. The number of benzene rings is 1. The molecule has 1 aromatic carbocycles. The molecule has 2 heterocycles. The zero-order valence-electron chi connectivity index (χ0n) is 12.2. The molecule has 22 heavy (non-hydrogen) atoms. The second-order valence-electron chi connectivity index (χ2n) is 5.31. The lowest BCUT2D eigenvalue weighted by molar-refractivity contribution is 0.599. The summed E-state index contributed by atoms with van der Waals surface area (Å²) < 4.78 is 2.21. The second kappa shape index (κ2) is 7.07. The average Bonchev–Trinajstić information content (AvgIpc) is 2.72. The van der Waals surface area contributed by atoms with Crippen molar-refractivity contribution in [1.29, 1.82) is 0 Å². The Labute approximate surface area is 140 Å². The van der Waals surface area contributed by atoms with E-state index in [9.17, 15) is 0 Å². The minimum Gasteiger partial charge on any atom is -0.355 e. The highest BCUT2D eigenvalue weighted by molar-refractivity contribution is 7.80. The van der Waals surface area contributed by atoms with E-state index in [1.54, 1.807) is 0 Å². The third-order valence-electron chi connectivity index (χ3n) is 3.68. The Morgan fingerprint density at radius 2 is 2.18 bits per heavy atom. The molecule has 0 saturated heterocycles. The Bertz CT molecular complexity index is 670. The molecule has 0 amide bonds. The van der Waals surface area contributed by atoms with E-state index in [0.717, 1.165) is 30.3 Å². The maximum atomic E-state index is 5.96. The summed E-state index contributed by atoms with van der Waals surface area (Å²) in [7, 11) is 0. The van der Waals surface area contributed by atoms with Crippen LogP contribution in [0.1, 0.15) is 30.9 Å². The van der Waals surface area contributed by atoms with E-state index in [-0.39, 0.29) is 0 Å². The molecular formula is C15H18ClN5S. The van der Waals surface area contributed by atoms with Gasteiger partial charge in [0.25, 0.3) is 0 Å². The molecule has 0 atom stereocenters. The fraction of sp³-hybridized carbons (Fsp3) is 0.400. The number of aryl methyl sites for hydroxylation is 1. The molecule has 0 saturated carbocycles. The summed E-state index contributed by atoms with van der Waals surface area (Å²) in [4.78, 5) is 0. The molecule has 5 nitrogen and oxygen atoms in total. The van der Waals surface area contributed by atoms with Gasteiger partial charge in [-0.15, -0.1) is 10.2 Å². The lowest BCUT2D eigenvalue weighted by Crippen LogP contribution is -2.29. The summed E-state index contributed by atoms with van der Waals surface area (Å²) in [5, 5.41) is 16.1. The van der Waals surface area contributed by atoms with Gasteiger partial charge in [-0.25, -0.2) is 0 Å². The van der Waals surface area contributed by atoms with Crippen molar-refractivity contribution in [2.75, 3.05) is 5.32 Å². The molecule has 0 radical (unpaired) electrons. The number of hydrogen-bond acceptors (Lipinski definition) is 3. The van der Waals surface area contributed by atoms with Crippen LogP contribution in [0.3, 0.4) is 0 Å². The molecule has 1 aromatic heterocycles. The molecule has 1 aliphatic rings. The van der Waals surface area contributed by atoms with Gasteiger partial charge in [0.15, 0.2) is 10.9 Å². The van der Waals surface area contributed by atoms with E-state index >= 15 is 0 Å². The van der Waals surface area contributed by atoms with Gasteiger partial charge in [-0.2, -0.15) is 0 Å². The topological polar surface area (TPSA) is 54.8 Å². The first-order chi connectivity index (χ1) is 10.7. The number of fused-ring (bicyclic) bond motifs is 1. The molecular weight excluding hydrogens is 318 g/mol. The molecule has 0 fully saturated rings. The van der Waals surface area contributed by atoms with E-state index in [2.05, 4.69) is 25.4 Å². The number of hydrogen-bond donors (Lipinski definition) is 2. The summed E-state index contributed by atoms with van der Waals surface area (Å²) in [5.41, 5.74) is 0.866. The van der Waals surface area contributed by atoms with Gasteiger partial charge in [0, 0.05) is 23.7 Å². The summed E-state index contributed by atoms with van der Waals surface area (Å²) in [6, 6.07) is 7.46. The van der Waals surface area contributed by atoms with Crippen molar-refractivity contribution in [3.05, 3.63) is 40.9 Å². The van der Waals surface area contributed by atoms with Crippen LogP contribution in [0.5, 0.6) is 0 Å². The zero-order valence-corrected chi connectivity index (χ0v) is 13.8. The van der Waals surface area contributed by atoms with Crippen molar-refractivity contribution in [3.8, 4) is 0 Å². The molecule has 0 aliphatic carbocycles. The highest BCUT2D eigenvalue weighted by Crippen LogP contribution is 2.15. The summed E-state index contributed by atoms with van der Waals surface area (Å²) in [5.74, 6) is 2.02. The molecule has 2 aromatic rings. The van der Waals surface area contributed by atoms with Gasteiger partial charge >= 0.3 is 0 Å². The minimum atomic E-state index is 0.549. The lowest BCUT2D eigenvalue weighted by atomic mass is 10.2. The largest absolute Gasteiger partial charge is 0.355 e. The number of halogens is 1. The predicted molar refractivity (Wildman–Crippen MR) is 92.1 cm³/mol. The smallest absolute Gasteiger partial charge is 0.171 e. The first-order valence-electron chi connectivity index (χ1n) is 7.44. The van der Waals surface area contributed by atoms with E-state index in [4.69, 9.17) is 23.8 Å². The molecule has 0 bridgehead atoms. The zero-order chi connectivity index (χ0) is 15.4. The van der Waals surface area contributed by atoms with Crippen molar-refractivity contribution in [2.24, 2.45) is 0 Å². The highest BCUT2D eigenvalue weighted by atomic mass is 35.5. The second-order valence-corrected chi connectivity index (χ2v) is 6.16. The van der Waals surface area contributed by atoms with Crippen LogP contribution in [0.25, 0.3) is 0 Å². The van der Waals surface area contributed by atoms with Crippen molar-refractivity contribution in [3.63, 3.8) is 0 Å². The van der Waals surface area contributed by atoms with Crippen molar-refractivity contribution < 1.29 is 0 Å². The van der Waals surface area contributed by atoms with Crippen LogP contribution in [0.4, 0.5) is 5.69 Å². The Kier molecular flexibility index (Phi) is 4.90. The summed E-state index contributed by atoms with van der Waals surface area (Å²) in [6.45, 7) is 1.56. The monoisotopic (exact) mass is 335 g/mol. The summed E-state index contributed by atoms with van der Waals surface area (Å²) in [6.07, 6.45) is 4.65. The normalized spacial score (nSPS) is 14.0. The van der Waals surface area contributed by atoms with Crippen molar-refractivity contribution in [1.82, 2.24) is 20.1 Å². The fourth-order valence-corrected chi connectivity index (χ4v) is 2.96. The number of thiocarbonyl (C=S) groups is 1. The van der Waals surface area contributed by atoms with Crippen LogP contribution in [0, 0.1) is 0 Å². The Hall–Kier alpha value is -1.66. The average molecular weight is 336 g/mol. The molecule has 0 spiro atoms. The molecule has 1 aliphatic heterocycles. The van der Waals surface area contributed by atoms with Crippen LogP contribution in [-0.2, 0) is 19.5 Å². The van der Waals surface area contributed by atoms with E-state index in [1.165, 1.54) is 19.3 Å². The lowest BCUT2D eigenvalue weighted by Gasteiger charge is -2.11. The number of rotatable bonds is 3. The maximum absolute atomic E-state index is 5.96. The van der Waals surface area contributed by atoms with Gasteiger partial charge < -0.3 is 15.2 Å². The number of nitrogens with zero attached hydrogens (tertiary/aromatic N) is 3. The Balaban J connectivity index is 1.58. The van der Waals surface area contributed by atoms with Gasteiger partial charge in [0.05, 0.1) is 6.54 Å². The van der Waals surface area contributed by atoms with Gasteiger partial charge in [-0.3, -0.25) is 0 Å². The number of anilines is 1. The van der Waals surface area contributed by atoms with E-state index in [1.807, 2.05) is 24.3 Å². The van der Waals surface area contributed by atoms with Crippen LogP contribution in [-0.4, -0.2) is 19.9 Å².